The van der Waals surface area contributed by atoms with Gasteiger partial charge in [-0.2, -0.15) is 17.6 Å². The average molecular weight is 467 g/mol. The van der Waals surface area contributed by atoms with Gasteiger partial charge in [-0.15, -0.1) is 0 Å². The Balaban J connectivity index is 2.33. The van der Waals surface area contributed by atoms with Gasteiger partial charge in [0.15, 0.2) is 23.1 Å². The van der Waals surface area contributed by atoms with E-state index in [9.17, 15) is 40.3 Å². The lowest BCUT2D eigenvalue weighted by Gasteiger charge is -2.36. The molecule has 0 saturated heterocycles. The molecule has 32 heavy (non-hydrogen) atoms. The largest absolute Gasteiger partial charge is 0.491 e. The number of hydrogen-bond donors (Lipinski definition) is 0. The number of fused-ring (bicyclic) bond motifs is 1. The third-order valence-electron chi connectivity index (χ3n) is 4.64. The predicted molar refractivity (Wildman–Crippen MR) is 92.8 cm³/mol. The topological polar surface area (TPSA) is 65.1 Å². The number of amides is 1. The first-order valence-corrected chi connectivity index (χ1v) is 8.59. The maximum atomic E-state index is 14.6. The van der Waals surface area contributed by atoms with Gasteiger partial charge in [-0.3, -0.25) is 9.69 Å². The molecule has 1 atom stereocenters. The molecule has 0 unspecified atom stereocenters. The number of nitrogens with zero attached hydrogens (tertiary/aromatic N) is 1. The van der Waals surface area contributed by atoms with Crippen molar-refractivity contribution in [1.29, 1.82) is 0 Å². The van der Waals surface area contributed by atoms with E-state index in [1.807, 2.05) is 0 Å². The molecule has 0 aromatic heterocycles. The standard InChI is InChI=1S/C19H12F7NO5/c1-6(17(28)31-3)27-9-4-7(8(20)5-10(9)32-19(25,26)18(27)29)11-12(21)14(23)16(30-2)15(24)13(11)22/h4-6H,1-3H3/t6-/m1/s1. The molecule has 0 N–H and O–H groups in total. The fourth-order valence-electron chi connectivity index (χ4n) is 3.12. The summed E-state index contributed by atoms with van der Waals surface area (Å²) in [5.41, 5.74) is -3.43. The summed E-state index contributed by atoms with van der Waals surface area (Å²) < 4.78 is 113. The monoisotopic (exact) mass is 467 g/mol. The quantitative estimate of drug-likeness (QED) is 0.387. The van der Waals surface area contributed by atoms with Crippen molar-refractivity contribution in [3.8, 4) is 22.6 Å². The van der Waals surface area contributed by atoms with Gasteiger partial charge in [0.05, 0.1) is 25.5 Å². The number of hydrogen-bond acceptors (Lipinski definition) is 5. The zero-order chi connectivity index (χ0) is 24.1. The van der Waals surface area contributed by atoms with Gasteiger partial charge in [0, 0.05) is 11.6 Å². The lowest BCUT2D eigenvalue weighted by Crippen LogP contribution is -2.56. The highest BCUT2D eigenvalue weighted by molar-refractivity contribution is 6.05. The van der Waals surface area contributed by atoms with Crippen LogP contribution < -0.4 is 14.4 Å². The molecule has 1 heterocycles. The summed E-state index contributed by atoms with van der Waals surface area (Å²) in [6, 6.07) is -1.07. The molecule has 0 spiro atoms. The molecule has 1 aliphatic heterocycles. The lowest BCUT2D eigenvalue weighted by atomic mass is 10.00. The Morgan fingerprint density at radius 2 is 1.59 bits per heavy atom. The van der Waals surface area contributed by atoms with E-state index in [1.54, 1.807) is 0 Å². The van der Waals surface area contributed by atoms with E-state index in [0.717, 1.165) is 21.1 Å². The highest BCUT2D eigenvalue weighted by atomic mass is 19.3. The van der Waals surface area contributed by atoms with Crippen LogP contribution in [0.25, 0.3) is 11.1 Å². The van der Waals surface area contributed by atoms with Gasteiger partial charge in [-0.05, 0) is 13.0 Å². The number of rotatable bonds is 4. The second-order valence-electron chi connectivity index (χ2n) is 6.46. The normalized spacial score (nSPS) is 15.7. The summed E-state index contributed by atoms with van der Waals surface area (Å²) in [7, 11) is 1.63. The maximum Gasteiger partial charge on any atom is 0.483 e. The van der Waals surface area contributed by atoms with Gasteiger partial charge < -0.3 is 14.2 Å². The second-order valence-corrected chi connectivity index (χ2v) is 6.46. The molecule has 1 aliphatic rings. The van der Waals surface area contributed by atoms with Gasteiger partial charge in [-0.25, -0.2) is 18.0 Å². The van der Waals surface area contributed by atoms with Crippen molar-refractivity contribution in [1.82, 2.24) is 0 Å². The van der Waals surface area contributed by atoms with E-state index in [2.05, 4.69) is 14.2 Å². The van der Waals surface area contributed by atoms with E-state index in [1.165, 1.54) is 0 Å². The van der Waals surface area contributed by atoms with Gasteiger partial charge in [-0.1, -0.05) is 0 Å². The van der Waals surface area contributed by atoms with E-state index in [0.29, 0.717) is 6.07 Å². The van der Waals surface area contributed by atoms with Crippen LogP contribution in [0.4, 0.5) is 36.4 Å². The Labute approximate surface area is 175 Å². The molecule has 0 aliphatic carbocycles. The number of alkyl halides is 2. The zero-order valence-electron chi connectivity index (χ0n) is 16.4. The maximum absolute atomic E-state index is 14.6. The Morgan fingerprint density at radius 3 is 2.09 bits per heavy atom. The summed E-state index contributed by atoms with van der Waals surface area (Å²) in [4.78, 5) is 24.2. The third kappa shape index (κ3) is 3.37. The first kappa shape index (κ1) is 23.2. The number of carbonyl (C=O) groups is 2. The fourth-order valence-corrected chi connectivity index (χ4v) is 3.12. The van der Waals surface area contributed by atoms with Crippen LogP contribution in [-0.2, 0) is 14.3 Å². The zero-order valence-corrected chi connectivity index (χ0v) is 16.4. The molecule has 2 aromatic rings. The minimum atomic E-state index is -4.53. The first-order chi connectivity index (χ1) is 14.9. The minimum absolute atomic E-state index is 0.152. The van der Waals surface area contributed by atoms with E-state index < -0.39 is 81.4 Å². The molecule has 0 radical (unpaired) electrons. The smallest absolute Gasteiger partial charge is 0.483 e. The Kier molecular flexibility index (Phi) is 5.70. The highest BCUT2D eigenvalue weighted by Gasteiger charge is 2.53. The average Bonchev–Trinajstić information content (AvgIpc) is 2.73. The van der Waals surface area contributed by atoms with Crippen LogP contribution >= 0.6 is 0 Å². The number of anilines is 1. The minimum Gasteiger partial charge on any atom is -0.491 e. The molecule has 2 aromatic carbocycles. The van der Waals surface area contributed by atoms with Gasteiger partial charge in [0.2, 0.25) is 11.6 Å². The molecule has 0 saturated carbocycles. The predicted octanol–water partition coefficient (Wildman–Crippen LogP) is 3.94. The molecule has 13 heteroatoms. The number of ether oxygens (including phenoxy) is 3. The van der Waals surface area contributed by atoms with E-state index >= 15 is 0 Å². The molecule has 0 fully saturated rings. The van der Waals surface area contributed by atoms with Gasteiger partial charge >= 0.3 is 18.0 Å². The van der Waals surface area contributed by atoms with Crippen LogP contribution in [-0.4, -0.2) is 38.2 Å². The van der Waals surface area contributed by atoms with Crippen molar-refractivity contribution in [2.24, 2.45) is 0 Å². The van der Waals surface area contributed by atoms with Crippen molar-refractivity contribution in [2.75, 3.05) is 19.1 Å². The highest BCUT2D eigenvalue weighted by Crippen LogP contribution is 2.45. The number of carbonyl (C=O) groups excluding carboxylic acids is 2. The van der Waals surface area contributed by atoms with Crippen LogP contribution in [0.5, 0.6) is 11.5 Å². The van der Waals surface area contributed by atoms with Crippen molar-refractivity contribution in [3.63, 3.8) is 0 Å². The number of methoxy groups -OCH3 is 2. The van der Waals surface area contributed by atoms with E-state index in [-0.39, 0.29) is 11.0 Å². The summed E-state index contributed by atoms with van der Waals surface area (Å²) >= 11 is 0. The molecule has 1 amide bonds. The van der Waals surface area contributed by atoms with Crippen LogP contribution in [0, 0.1) is 29.1 Å². The number of halogens is 7. The van der Waals surface area contributed by atoms with Crippen molar-refractivity contribution in [3.05, 3.63) is 41.2 Å². The molecule has 3 rings (SSSR count). The Hall–Kier alpha value is -3.51. The first-order valence-electron chi connectivity index (χ1n) is 8.59. The summed E-state index contributed by atoms with van der Waals surface area (Å²) in [5, 5.41) is 0. The number of esters is 1. The summed E-state index contributed by atoms with van der Waals surface area (Å²) in [6.45, 7) is 0.978. The van der Waals surface area contributed by atoms with Gasteiger partial charge in [0.25, 0.3) is 0 Å². The van der Waals surface area contributed by atoms with Crippen LogP contribution in [0.3, 0.4) is 0 Å². The molecule has 6 nitrogen and oxygen atoms in total. The van der Waals surface area contributed by atoms with Crippen LogP contribution in [0.15, 0.2) is 12.1 Å². The second kappa shape index (κ2) is 7.88. The Morgan fingerprint density at radius 1 is 1.03 bits per heavy atom. The fraction of sp³-hybridized carbons (Fsp3) is 0.263. The van der Waals surface area contributed by atoms with Crippen LogP contribution in [0.1, 0.15) is 6.92 Å². The van der Waals surface area contributed by atoms with Crippen molar-refractivity contribution in [2.45, 2.75) is 19.1 Å². The molecular formula is C19H12F7NO5. The van der Waals surface area contributed by atoms with E-state index in [4.69, 9.17) is 0 Å². The SMILES string of the molecule is COC(=O)[C@@H](C)N1C(=O)C(F)(F)Oc2cc(F)c(-c3c(F)c(F)c(OC)c(F)c3F)cc21. The summed E-state index contributed by atoms with van der Waals surface area (Å²) in [5.74, 6) is -15.4. The lowest BCUT2D eigenvalue weighted by molar-refractivity contribution is -0.193. The summed E-state index contributed by atoms with van der Waals surface area (Å²) in [6.07, 6.45) is -4.53. The molecule has 0 bridgehead atoms. The van der Waals surface area contributed by atoms with Gasteiger partial charge in [0.1, 0.15) is 11.9 Å². The number of benzene rings is 2. The molecule has 172 valence electrons. The molecular weight excluding hydrogens is 455 g/mol. The van der Waals surface area contributed by atoms with Crippen LogP contribution in [0.2, 0.25) is 0 Å². The third-order valence-corrected chi connectivity index (χ3v) is 4.64. The van der Waals surface area contributed by atoms with Crippen molar-refractivity contribution >= 4 is 17.6 Å². The Bertz CT molecular complexity index is 1110. The van der Waals surface area contributed by atoms with Crippen molar-refractivity contribution < 1.29 is 54.5 Å².